The molecule has 0 saturated heterocycles. The van der Waals surface area contributed by atoms with Crippen molar-refractivity contribution in [2.24, 2.45) is 0 Å². The van der Waals surface area contributed by atoms with Gasteiger partial charge in [0.25, 0.3) is 0 Å². The molecule has 0 atom stereocenters. The molecule has 0 bridgehead atoms. The Morgan fingerprint density at radius 1 is 1.78 bits per heavy atom. The molecule has 0 aliphatic heterocycles. The van der Waals surface area contributed by atoms with Crippen LogP contribution in [0.5, 0.6) is 0 Å². The van der Waals surface area contributed by atoms with Gasteiger partial charge in [-0.2, -0.15) is 0 Å². The molecule has 0 aromatic heterocycles. The van der Waals surface area contributed by atoms with E-state index in [0.29, 0.717) is 6.54 Å². The summed E-state index contributed by atoms with van der Waals surface area (Å²) >= 11 is 3.14. The number of amides is 1. The highest BCUT2D eigenvalue weighted by Gasteiger charge is 1.95. The molecule has 1 radical (unpaired) electrons. The number of halogens is 1. The summed E-state index contributed by atoms with van der Waals surface area (Å²) in [5.41, 5.74) is 0. The van der Waals surface area contributed by atoms with Gasteiger partial charge in [-0.25, -0.2) is 4.79 Å². The Hall–Kier alpha value is -0.250. The maximum absolute atomic E-state index is 10.4. The van der Waals surface area contributed by atoms with Gasteiger partial charge in [-0.05, 0) is 6.92 Å². The van der Waals surface area contributed by atoms with Gasteiger partial charge in [0.1, 0.15) is 0 Å². The molecule has 0 unspecified atom stereocenters. The lowest BCUT2D eigenvalue weighted by Gasteiger charge is -2.00. The van der Waals surface area contributed by atoms with Gasteiger partial charge in [-0.1, -0.05) is 15.9 Å². The maximum Gasteiger partial charge on any atom is 0.407 e. The number of carbonyl (C=O) groups excluding carboxylic acids is 1. The molecule has 0 aliphatic carbocycles. The van der Waals surface area contributed by atoms with Crippen molar-refractivity contribution in [3.8, 4) is 0 Å². The molecule has 0 heterocycles. The summed E-state index contributed by atoms with van der Waals surface area (Å²) in [5, 5.41) is 3.22. The van der Waals surface area contributed by atoms with Crippen molar-refractivity contribution in [2.75, 3.05) is 18.5 Å². The number of nitrogens with one attached hydrogen (secondary N) is 1. The van der Waals surface area contributed by atoms with E-state index in [0.717, 1.165) is 5.33 Å². The van der Waals surface area contributed by atoms with E-state index in [-0.39, 0.29) is 6.61 Å². The van der Waals surface area contributed by atoms with Crippen LogP contribution < -0.4 is 5.32 Å². The zero-order valence-electron chi connectivity index (χ0n) is 5.02. The molecule has 0 saturated carbocycles. The largest absolute Gasteiger partial charge is 0.450 e. The SMILES string of the molecule is [CH2]COC(=O)NCCBr. The predicted molar refractivity (Wildman–Crippen MR) is 38.5 cm³/mol. The average Bonchev–Trinajstić information content (AvgIpc) is 1.85. The first-order valence-electron chi connectivity index (χ1n) is 2.57. The molecular formula is C5H9BrNO2. The minimum absolute atomic E-state index is 0.175. The summed E-state index contributed by atoms with van der Waals surface area (Å²) in [6.07, 6.45) is -0.413. The lowest BCUT2D eigenvalue weighted by Crippen LogP contribution is -2.25. The van der Waals surface area contributed by atoms with E-state index in [1.807, 2.05) is 0 Å². The Balaban J connectivity index is 3.06. The Bertz CT molecular complexity index is 87.0. The number of rotatable bonds is 3. The van der Waals surface area contributed by atoms with E-state index in [1.165, 1.54) is 0 Å². The zero-order chi connectivity index (χ0) is 7.11. The smallest absolute Gasteiger partial charge is 0.407 e. The van der Waals surface area contributed by atoms with Crippen LogP contribution in [0.2, 0.25) is 0 Å². The number of hydrogen-bond donors (Lipinski definition) is 1. The van der Waals surface area contributed by atoms with E-state index in [9.17, 15) is 4.79 Å². The summed E-state index contributed by atoms with van der Waals surface area (Å²) in [7, 11) is 0. The summed E-state index contributed by atoms with van der Waals surface area (Å²) in [5.74, 6) is 0. The van der Waals surface area contributed by atoms with Crippen LogP contribution in [0.3, 0.4) is 0 Å². The summed E-state index contributed by atoms with van der Waals surface area (Å²) in [4.78, 5) is 10.4. The van der Waals surface area contributed by atoms with Crippen LogP contribution in [0.1, 0.15) is 0 Å². The highest BCUT2D eigenvalue weighted by atomic mass is 79.9. The van der Waals surface area contributed by atoms with Crippen LogP contribution in [-0.4, -0.2) is 24.6 Å². The molecule has 4 heteroatoms. The first-order chi connectivity index (χ1) is 4.31. The maximum atomic E-state index is 10.4. The van der Waals surface area contributed by atoms with Crippen LogP contribution in [0.25, 0.3) is 0 Å². The molecule has 0 aliphatic rings. The highest BCUT2D eigenvalue weighted by Crippen LogP contribution is 1.78. The van der Waals surface area contributed by atoms with Crippen molar-refractivity contribution in [2.45, 2.75) is 0 Å². The molecule has 0 rings (SSSR count). The van der Waals surface area contributed by atoms with Gasteiger partial charge in [0.2, 0.25) is 0 Å². The highest BCUT2D eigenvalue weighted by molar-refractivity contribution is 9.09. The topological polar surface area (TPSA) is 38.3 Å². The van der Waals surface area contributed by atoms with Crippen molar-refractivity contribution in [1.82, 2.24) is 5.32 Å². The second-order valence-corrected chi connectivity index (χ2v) is 2.04. The summed E-state index contributed by atoms with van der Waals surface area (Å²) in [6, 6.07) is 0. The van der Waals surface area contributed by atoms with Crippen LogP contribution in [0.4, 0.5) is 4.79 Å². The molecule has 0 spiro atoms. The first kappa shape index (κ1) is 8.75. The van der Waals surface area contributed by atoms with Crippen LogP contribution in [-0.2, 0) is 4.74 Å². The van der Waals surface area contributed by atoms with Crippen LogP contribution in [0.15, 0.2) is 0 Å². The van der Waals surface area contributed by atoms with Gasteiger partial charge in [-0.3, -0.25) is 0 Å². The monoisotopic (exact) mass is 194 g/mol. The Labute approximate surface area is 62.9 Å². The fraction of sp³-hybridized carbons (Fsp3) is 0.600. The molecule has 0 fully saturated rings. The third-order valence-electron chi connectivity index (χ3n) is 0.597. The van der Waals surface area contributed by atoms with Gasteiger partial charge in [0, 0.05) is 11.9 Å². The summed E-state index contributed by atoms with van der Waals surface area (Å²) < 4.78 is 4.46. The van der Waals surface area contributed by atoms with Crippen molar-refractivity contribution >= 4 is 22.0 Å². The summed E-state index contributed by atoms with van der Waals surface area (Å²) in [6.45, 7) is 4.10. The van der Waals surface area contributed by atoms with E-state index in [2.05, 4.69) is 32.9 Å². The Kier molecular flexibility index (Phi) is 5.72. The van der Waals surface area contributed by atoms with Gasteiger partial charge in [0.15, 0.2) is 0 Å². The average molecular weight is 195 g/mol. The minimum Gasteiger partial charge on any atom is -0.450 e. The van der Waals surface area contributed by atoms with Gasteiger partial charge >= 0.3 is 6.09 Å². The quantitative estimate of drug-likeness (QED) is 0.680. The molecule has 53 valence electrons. The first-order valence-corrected chi connectivity index (χ1v) is 3.69. The normalized spacial score (nSPS) is 8.67. The molecule has 1 N–H and O–H groups in total. The van der Waals surface area contributed by atoms with Crippen molar-refractivity contribution < 1.29 is 9.53 Å². The van der Waals surface area contributed by atoms with E-state index >= 15 is 0 Å². The van der Waals surface area contributed by atoms with Crippen molar-refractivity contribution in [3.63, 3.8) is 0 Å². The van der Waals surface area contributed by atoms with Crippen molar-refractivity contribution in [3.05, 3.63) is 6.92 Å². The zero-order valence-corrected chi connectivity index (χ0v) is 6.61. The molecule has 9 heavy (non-hydrogen) atoms. The van der Waals surface area contributed by atoms with E-state index in [4.69, 9.17) is 0 Å². The Morgan fingerprint density at radius 3 is 2.89 bits per heavy atom. The number of carbonyl (C=O) groups is 1. The number of hydrogen-bond acceptors (Lipinski definition) is 2. The van der Waals surface area contributed by atoms with Gasteiger partial charge in [-0.15, -0.1) is 0 Å². The molecule has 0 aromatic rings. The Morgan fingerprint density at radius 2 is 2.44 bits per heavy atom. The number of alkyl halides is 1. The van der Waals surface area contributed by atoms with Gasteiger partial charge < -0.3 is 10.1 Å². The standard InChI is InChI=1S/C5H9BrNO2/c1-2-9-5(8)7-4-3-6/h1-4H2,(H,7,8). The second-order valence-electron chi connectivity index (χ2n) is 1.25. The lowest BCUT2D eigenvalue weighted by atomic mass is 10.7. The van der Waals surface area contributed by atoms with Crippen molar-refractivity contribution in [1.29, 1.82) is 0 Å². The molecular weight excluding hydrogens is 186 g/mol. The number of alkyl carbamates (subject to hydrolysis) is 1. The van der Waals surface area contributed by atoms with Crippen LogP contribution >= 0.6 is 15.9 Å². The predicted octanol–water partition coefficient (Wildman–Crippen LogP) is 0.942. The van der Waals surface area contributed by atoms with E-state index < -0.39 is 6.09 Å². The minimum atomic E-state index is -0.413. The van der Waals surface area contributed by atoms with Gasteiger partial charge in [0.05, 0.1) is 6.61 Å². The fourth-order valence-electron chi connectivity index (χ4n) is 0.293. The third-order valence-corrected chi connectivity index (χ3v) is 0.993. The molecule has 3 nitrogen and oxygen atoms in total. The van der Waals surface area contributed by atoms with E-state index in [1.54, 1.807) is 0 Å². The van der Waals surface area contributed by atoms with Crippen LogP contribution in [0, 0.1) is 6.92 Å². The fourth-order valence-corrected chi connectivity index (χ4v) is 0.491. The third kappa shape index (κ3) is 5.62. The lowest BCUT2D eigenvalue weighted by molar-refractivity contribution is 0.158. The molecule has 1 amide bonds. The molecule has 0 aromatic carbocycles. The number of ether oxygens (including phenoxy) is 1. The second kappa shape index (κ2) is 5.88.